The average molecular weight is 293 g/mol. The molecule has 0 spiro atoms. The Bertz CT molecular complexity index is 560. The molecule has 3 nitrogen and oxygen atoms in total. The normalized spacial score (nSPS) is 10.5. The van der Waals surface area contributed by atoms with Crippen LogP contribution in [0.5, 0.6) is 0 Å². The van der Waals surface area contributed by atoms with Gasteiger partial charge in [-0.15, -0.1) is 0 Å². The van der Waals surface area contributed by atoms with E-state index in [-0.39, 0.29) is 5.78 Å². The van der Waals surface area contributed by atoms with Gasteiger partial charge >= 0.3 is 0 Å². The predicted molar refractivity (Wildman–Crippen MR) is 70.2 cm³/mol. The number of ketones is 1. The number of aromatic nitrogens is 2. The Morgan fingerprint density at radius 1 is 1.47 bits per heavy atom. The number of imidazole rings is 1. The van der Waals surface area contributed by atoms with Crippen LogP contribution in [0.3, 0.4) is 0 Å². The van der Waals surface area contributed by atoms with Crippen LogP contribution in [0.2, 0.25) is 0 Å². The zero-order valence-corrected chi connectivity index (χ0v) is 11.4. The lowest BCUT2D eigenvalue weighted by Gasteiger charge is -2.05. The Morgan fingerprint density at radius 3 is 2.88 bits per heavy atom. The van der Waals surface area contributed by atoms with Gasteiger partial charge in [-0.2, -0.15) is 0 Å². The minimum absolute atomic E-state index is 0.0439. The van der Waals surface area contributed by atoms with Crippen molar-refractivity contribution in [3.63, 3.8) is 0 Å². The smallest absolute Gasteiger partial charge is 0.228 e. The average Bonchev–Trinajstić information content (AvgIpc) is 2.80. The summed E-state index contributed by atoms with van der Waals surface area (Å²) in [6.07, 6.45) is 3.47. The highest BCUT2D eigenvalue weighted by atomic mass is 79.9. The molecule has 0 N–H and O–H groups in total. The molecule has 1 aromatic heterocycles. The van der Waals surface area contributed by atoms with Gasteiger partial charge in [0.2, 0.25) is 5.78 Å². The quantitative estimate of drug-likeness (QED) is 0.814. The van der Waals surface area contributed by atoms with Crippen molar-refractivity contribution in [2.45, 2.75) is 20.4 Å². The molecule has 1 heterocycles. The fraction of sp³-hybridized carbons (Fsp3) is 0.231. The fourth-order valence-corrected chi connectivity index (χ4v) is 2.02. The molecule has 0 aliphatic rings. The lowest BCUT2D eigenvalue weighted by molar-refractivity contribution is 0.102. The van der Waals surface area contributed by atoms with Crippen LogP contribution < -0.4 is 0 Å². The minimum atomic E-state index is -0.0439. The first kappa shape index (κ1) is 12.0. The van der Waals surface area contributed by atoms with Crippen LogP contribution in [0.25, 0.3) is 0 Å². The molecule has 0 aliphatic heterocycles. The van der Waals surface area contributed by atoms with E-state index in [2.05, 4.69) is 20.9 Å². The van der Waals surface area contributed by atoms with Gasteiger partial charge in [-0.1, -0.05) is 28.1 Å². The van der Waals surface area contributed by atoms with Crippen LogP contribution in [-0.2, 0) is 6.54 Å². The van der Waals surface area contributed by atoms with Gasteiger partial charge in [0.1, 0.15) is 0 Å². The van der Waals surface area contributed by atoms with E-state index < -0.39 is 0 Å². The van der Waals surface area contributed by atoms with Crippen molar-refractivity contribution in [1.82, 2.24) is 9.55 Å². The topological polar surface area (TPSA) is 34.9 Å². The van der Waals surface area contributed by atoms with Crippen molar-refractivity contribution in [3.8, 4) is 0 Å². The monoisotopic (exact) mass is 292 g/mol. The Labute approximate surface area is 109 Å². The van der Waals surface area contributed by atoms with Gasteiger partial charge in [-0.3, -0.25) is 4.79 Å². The van der Waals surface area contributed by atoms with E-state index in [0.29, 0.717) is 11.4 Å². The van der Waals surface area contributed by atoms with Gasteiger partial charge in [-0.05, 0) is 25.5 Å². The van der Waals surface area contributed by atoms with Crippen molar-refractivity contribution in [2.75, 3.05) is 0 Å². The number of benzene rings is 1. The highest BCUT2D eigenvalue weighted by Crippen LogP contribution is 2.19. The Hall–Kier alpha value is -1.42. The van der Waals surface area contributed by atoms with Gasteiger partial charge in [0.15, 0.2) is 5.82 Å². The van der Waals surface area contributed by atoms with Crippen molar-refractivity contribution in [1.29, 1.82) is 0 Å². The molecule has 2 rings (SSSR count). The van der Waals surface area contributed by atoms with Crippen LogP contribution >= 0.6 is 15.9 Å². The second-order valence-corrected chi connectivity index (χ2v) is 4.68. The van der Waals surface area contributed by atoms with E-state index >= 15 is 0 Å². The summed E-state index contributed by atoms with van der Waals surface area (Å²) in [6.45, 7) is 4.73. The maximum Gasteiger partial charge on any atom is 0.228 e. The van der Waals surface area contributed by atoms with E-state index in [1.807, 2.05) is 42.8 Å². The third kappa shape index (κ3) is 2.31. The van der Waals surface area contributed by atoms with Crippen molar-refractivity contribution >= 4 is 21.7 Å². The molecule has 0 amide bonds. The SMILES string of the molecule is CCn1ccnc1C(=O)c1ccc(C)c(Br)c1. The van der Waals surface area contributed by atoms with Gasteiger partial charge in [0, 0.05) is 29.0 Å². The van der Waals surface area contributed by atoms with Crippen molar-refractivity contribution < 1.29 is 4.79 Å². The minimum Gasteiger partial charge on any atom is -0.328 e. The molecule has 0 fully saturated rings. The fourth-order valence-electron chi connectivity index (χ4n) is 1.64. The zero-order chi connectivity index (χ0) is 12.4. The Kier molecular flexibility index (Phi) is 3.43. The van der Waals surface area contributed by atoms with E-state index in [4.69, 9.17) is 0 Å². The van der Waals surface area contributed by atoms with E-state index in [0.717, 1.165) is 16.6 Å². The molecule has 88 valence electrons. The summed E-state index contributed by atoms with van der Waals surface area (Å²) in [6, 6.07) is 5.60. The van der Waals surface area contributed by atoms with E-state index in [9.17, 15) is 4.79 Å². The highest BCUT2D eigenvalue weighted by molar-refractivity contribution is 9.10. The first-order chi connectivity index (χ1) is 8.13. The van der Waals surface area contributed by atoms with Gasteiger partial charge in [-0.25, -0.2) is 4.98 Å². The Balaban J connectivity index is 2.40. The molecule has 0 bridgehead atoms. The third-order valence-corrected chi connectivity index (χ3v) is 3.55. The molecule has 0 aliphatic carbocycles. The summed E-state index contributed by atoms with van der Waals surface area (Å²) in [5.74, 6) is 0.445. The molecule has 17 heavy (non-hydrogen) atoms. The number of hydrogen-bond acceptors (Lipinski definition) is 2. The number of halogens is 1. The number of carbonyl (C=O) groups excluding carboxylic acids is 1. The lowest BCUT2D eigenvalue weighted by Crippen LogP contribution is -2.10. The van der Waals surface area contributed by atoms with Crippen LogP contribution in [0, 0.1) is 6.92 Å². The second-order valence-electron chi connectivity index (χ2n) is 3.83. The summed E-state index contributed by atoms with van der Waals surface area (Å²) in [7, 11) is 0. The summed E-state index contributed by atoms with van der Waals surface area (Å²) in [5, 5.41) is 0. The summed E-state index contributed by atoms with van der Waals surface area (Å²) in [4.78, 5) is 16.4. The lowest BCUT2D eigenvalue weighted by atomic mass is 10.1. The molecular formula is C13H13BrN2O. The molecule has 0 unspecified atom stereocenters. The Morgan fingerprint density at radius 2 is 2.24 bits per heavy atom. The third-order valence-electron chi connectivity index (χ3n) is 2.69. The van der Waals surface area contributed by atoms with Crippen LogP contribution in [0.1, 0.15) is 28.7 Å². The van der Waals surface area contributed by atoms with E-state index in [1.165, 1.54) is 0 Å². The number of nitrogens with zero attached hydrogens (tertiary/aromatic N) is 2. The summed E-state index contributed by atoms with van der Waals surface area (Å²) < 4.78 is 2.79. The highest BCUT2D eigenvalue weighted by Gasteiger charge is 2.14. The first-order valence-corrected chi connectivity index (χ1v) is 6.24. The van der Waals surface area contributed by atoms with Crippen molar-refractivity contribution in [3.05, 3.63) is 52.0 Å². The molecule has 0 radical (unpaired) electrons. The standard InChI is InChI=1S/C13H13BrN2O/c1-3-16-7-6-15-13(16)12(17)10-5-4-9(2)11(14)8-10/h4-8H,3H2,1-2H3. The van der Waals surface area contributed by atoms with Crippen LogP contribution in [-0.4, -0.2) is 15.3 Å². The maximum absolute atomic E-state index is 12.2. The van der Waals surface area contributed by atoms with Crippen molar-refractivity contribution in [2.24, 2.45) is 0 Å². The second kappa shape index (κ2) is 4.84. The zero-order valence-electron chi connectivity index (χ0n) is 9.77. The maximum atomic E-state index is 12.2. The number of rotatable bonds is 3. The molecule has 1 aromatic carbocycles. The van der Waals surface area contributed by atoms with E-state index in [1.54, 1.807) is 6.20 Å². The molecule has 0 atom stereocenters. The van der Waals surface area contributed by atoms with Gasteiger partial charge < -0.3 is 4.57 Å². The van der Waals surface area contributed by atoms with Crippen LogP contribution in [0.4, 0.5) is 0 Å². The van der Waals surface area contributed by atoms with Gasteiger partial charge in [0.25, 0.3) is 0 Å². The molecule has 4 heteroatoms. The molecule has 0 saturated carbocycles. The molecular weight excluding hydrogens is 280 g/mol. The number of hydrogen-bond donors (Lipinski definition) is 0. The number of carbonyl (C=O) groups is 1. The molecule has 2 aromatic rings. The molecule has 0 saturated heterocycles. The number of aryl methyl sites for hydroxylation is 2. The summed E-state index contributed by atoms with van der Waals surface area (Å²) >= 11 is 3.43. The van der Waals surface area contributed by atoms with Gasteiger partial charge in [0.05, 0.1) is 0 Å². The largest absolute Gasteiger partial charge is 0.328 e. The summed E-state index contributed by atoms with van der Waals surface area (Å²) in [5.41, 5.74) is 1.77. The predicted octanol–water partition coefficient (Wildman–Crippen LogP) is 3.20. The van der Waals surface area contributed by atoms with Crippen LogP contribution in [0.15, 0.2) is 35.1 Å². The first-order valence-electron chi connectivity index (χ1n) is 5.45.